The first-order valence-electron chi connectivity index (χ1n) is 9.97. The second-order valence-corrected chi connectivity index (χ2v) is 7.43. The number of aromatic hydroxyl groups is 1. The van der Waals surface area contributed by atoms with Crippen molar-refractivity contribution < 1.29 is 15.0 Å². The lowest BCUT2D eigenvalue weighted by Gasteiger charge is -2.15. The molecule has 1 fully saturated rings. The van der Waals surface area contributed by atoms with Gasteiger partial charge in [-0.3, -0.25) is 9.59 Å². The Morgan fingerprint density at radius 1 is 1.20 bits per heavy atom. The molecule has 1 amide bonds. The zero-order chi connectivity index (χ0) is 21.1. The number of pyridine rings is 1. The fourth-order valence-electron chi connectivity index (χ4n) is 4.04. The van der Waals surface area contributed by atoms with Crippen molar-refractivity contribution in [1.29, 1.82) is 0 Å². The Balaban J connectivity index is 1.71. The van der Waals surface area contributed by atoms with Crippen LogP contribution in [0.15, 0.2) is 47.4 Å². The molecule has 3 aromatic rings. The summed E-state index contributed by atoms with van der Waals surface area (Å²) in [5, 5.41) is 22.8. The molecule has 0 bridgehead atoms. The standard InChI is InChI=1S/C24H22N2O4/c27-11-5-8-16-12-18(15-6-1-2-7-15)22(28)13-21(16)26-24(30)19-14-25-20-10-4-3-9-17(20)23(19)29/h3-4,9-10,12-15,27-28H,1-2,6-7,11H2,(H,25,29)(H,26,30). The van der Waals surface area contributed by atoms with Gasteiger partial charge in [-0.15, -0.1) is 0 Å². The average Bonchev–Trinajstić information content (AvgIpc) is 3.28. The highest BCUT2D eigenvalue weighted by Crippen LogP contribution is 2.40. The molecule has 1 aromatic heterocycles. The second kappa shape index (κ2) is 8.44. The van der Waals surface area contributed by atoms with Gasteiger partial charge in [0, 0.05) is 28.7 Å². The summed E-state index contributed by atoms with van der Waals surface area (Å²) < 4.78 is 0. The van der Waals surface area contributed by atoms with Crippen molar-refractivity contribution in [2.75, 3.05) is 11.9 Å². The van der Waals surface area contributed by atoms with Gasteiger partial charge in [0.25, 0.3) is 5.91 Å². The van der Waals surface area contributed by atoms with Crippen LogP contribution in [-0.2, 0) is 0 Å². The minimum absolute atomic E-state index is 0.0332. The highest BCUT2D eigenvalue weighted by molar-refractivity contribution is 6.06. The number of rotatable bonds is 3. The lowest BCUT2D eigenvalue weighted by molar-refractivity contribution is 0.102. The number of hydrogen-bond acceptors (Lipinski definition) is 4. The number of carbonyl (C=O) groups excluding carboxylic acids is 1. The summed E-state index contributed by atoms with van der Waals surface area (Å²) in [6.07, 6.45) is 5.61. The quantitative estimate of drug-likeness (QED) is 0.504. The van der Waals surface area contributed by atoms with Crippen molar-refractivity contribution in [3.05, 3.63) is 69.5 Å². The predicted octanol–water partition coefficient (Wildman–Crippen LogP) is 3.49. The van der Waals surface area contributed by atoms with Crippen molar-refractivity contribution in [2.45, 2.75) is 31.6 Å². The number of aliphatic hydroxyl groups is 1. The fraction of sp³-hybridized carbons (Fsp3) is 0.250. The number of anilines is 1. The average molecular weight is 402 g/mol. The minimum Gasteiger partial charge on any atom is -0.508 e. The molecule has 0 aliphatic heterocycles. The third-order valence-corrected chi connectivity index (χ3v) is 5.55. The highest BCUT2D eigenvalue weighted by atomic mass is 16.3. The molecule has 4 N–H and O–H groups in total. The molecular formula is C24H22N2O4. The summed E-state index contributed by atoms with van der Waals surface area (Å²) in [4.78, 5) is 28.5. The maximum Gasteiger partial charge on any atom is 0.261 e. The Labute approximate surface area is 173 Å². The van der Waals surface area contributed by atoms with Gasteiger partial charge in [0.05, 0.1) is 5.69 Å². The Hall–Kier alpha value is -3.56. The van der Waals surface area contributed by atoms with Crippen LogP contribution in [0.3, 0.4) is 0 Å². The van der Waals surface area contributed by atoms with Gasteiger partial charge >= 0.3 is 0 Å². The molecule has 0 saturated heterocycles. The van der Waals surface area contributed by atoms with Crippen LogP contribution < -0.4 is 10.7 Å². The van der Waals surface area contributed by atoms with E-state index in [1.54, 1.807) is 30.3 Å². The van der Waals surface area contributed by atoms with Crippen molar-refractivity contribution >= 4 is 22.5 Å². The zero-order valence-electron chi connectivity index (χ0n) is 16.4. The van der Waals surface area contributed by atoms with Gasteiger partial charge in [-0.1, -0.05) is 36.8 Å². The van der Waals surface area contributed by atoms with E-state index in [1.165, 1.54) is 12.3 Å². The summed E-state index contributed by atoms with van der Waals surface area (Å²) in [7, 11) is 0. The Morgan fingerprint density at radius 2 is 1.97 bits per heavy atom. The predicted molar refractivity (Wildman–Crippen MR) is 116 cm³/mol. The van der Waals surface area contributed by atoms with E-state index in [0.717, 1.165) is 31.2 Å². The van der Waals surface area contributed by atoms with Gasteiger partial charge in [0.15, 0.2) is 0 Å². The number of carbonyl (C=O) groups is 1. The van der Waals surface area contributed by atoms with E-state index >= 15 is 0 Å². The van der Waals surface area contributed by atoms with Crippen LogP contribution in [-0.4, -0.2) is 27.7 Å². The summed E-state index contributed by atoms with van der Waals surface area (Å²) in [6, 6.07) is 10.2. The number of aromatic nitrogens is 1. The van der Waals surface area contributed by atoms with E-state index in [2.05, 4.69) is 22.1 Å². The minimum atomic E-state index is -0.595. The monoisotopic (exact) mass is 402 g/mol. The number of phenols is 1. The number of aliphatic hydroxyl groups excluding tert-OH is 1. The summed E-state index contributed by atoms with van der Waals surface area (Å²) in [6.45, 7) is -0.322. The Bertz CT molecular complexity index is 1230. The first-order chi connectivity index (χ1) is 14.6. The number of benzene rings is 2. The van der Waals surface area contributed by atoms with Crippen molar-refractivity contribution in [1.82, 2.24) is 4.98 Å². The normalized spacial score (nSPS) is 13.8. The van der Waals surface area contributed by atoms with Crippen LogP contribution in [0.1, 0.15) is 53.1 Å². The summed E-state index contributed by atoms with van der Waals surface area (Å²) in [5.74, 6) is 5.20. The Morgan fingerprint density at radius 3 is 2.73 bits per heavy atom. The number of aromatic amines is 1. The number of amides is 1. The Kier molecular flexibility index (Phi) is 5.55. The number of phenolic OH excluding ortho intramolecular Hbond substituents is 1. The van der Waals surface area contributed by atoms with Gasteiger partial charge in [-0.25, -0.2) is 0 Å². The molecule has 1 aliphatic carbocycles. The number of nitrogens with one attached hydrogen (secondary N) is 2. The molecule has 1 saturated carbocycles. The van der Waals surface area contributed by atoms with E-state index in [1.807, 2.05) is 0 Å². The maximum absolute atomic E-state index is 12.8. The smallest absolute Gasteiger partial charge is 0.261 e. The maximum atomic E-state index is 12.8. The van der Waals surface area contributed by atoms with E-state index in [-0.39, 0.29) is 29.3 Å². The molecule has 6 nitrogen and oxygen atoms in total. The molecule has 0 unspecified atom stereocenters. The number of H-pyrrole nitrogens is 1. The first kappa shape index (κ1) is 19.7. The van der Waals surface area contributed by atoms with E-state index in [0.29, 0.717) is 22.2 Å². The van der Waals surface area contributed by atoms with Crippen LogP contribution in [0.2, 0.25) is 0 Å². The molecule has 0 atom stereocenters. The van der Waals surface area contributed by atoms with E-state index in [9.17, 15) is 14.7 Å². The van der Waals surface area contributed by atoms with E-state index < -0.39 is 5.91 Å². The lowest BCUT2D eigenvalue weighted by Crippen LogP contribution is -2.22. The second-order valence-electron chi connectivity index (χ2n) is 7.43. The van der Waals surface area contributed by atoms with Crippen LogP contribution >= 0.6 is 0 Å². The van der Waals surface area contributed by atoms with Crippen LogP contribution in [0, 0.1) is 11.8 Å². The third-order valence-electron chi connectivity index (χ3n) is 5.55. The molecule has 30 heavy (non-hydrogen) atoms. The van der Waals surface area contributed by atoms with Gasteiger partial charge in [0.2, 0.25) is 5.43 Å². The molecule has 4 rings (SSSR count). The van der Waals surface area contributed by atoms with Crippen LogP contribution in [0.4, 0.5) is 5.69 Å². The highest BCUT2D eigenvalue weighted by Gasteiger charge is 2.22. The molecule has 2 aromatic carbocycles. The van der Waals surface area contributed by atoms with Gasteiger partial charge in [-0.2, -0.15) is 0 Å². The van der Waals surface area contributed by atoms with Crippen molar-refractivity contribution in [3.8, 4) is 17.6 Å². The number of hydrogen-bond donors (Lipinski definition) is 4. The SMILES string of the molecule is O=C(Nc1cc(O)c(C2CCCC2)cc1C#CCO)c1c[nH]c2ccccc2c1=O. The van der Waals surface area contributed by atoms with Crippen LogP contribution in [0.5, 0.6) is 5.75 Å². The number of para-hydroxylation sites is 1. The van der Waals surface area contributed by atoms with Crippen molar-refractivity contribution in [3.63, 3.8) is 0 Å². The fourth-order valence-corrected chi connectivity index (χ4v) is 4.04. The van der Waals surface area contributed by atoms with Gasteiger partial charge in [-0.05, 0) is 42.5 Å². The number of fused-ring (bicyclic) bond motifs is 1. The van der Waals surface area contributed by atoms with Gasteiger partial charge in [0.1, 0.15) is 17.9 Å². The van der Waals surface area contributed by atoms with E-state index in [4.69, 9.17) is 5.11 Å². The topological polar surface area (TPSA) is 102 Å². The molecule has 152 valence electrons. The molecular weight excluding hydrogens is 380 g/mol. The largest absolute Gasteiger partial charge is 0.508 e. The van der Waals surface area contributed by atoms with Crippen LogP contribution in [0.25, 0.3) is 10.9 Å². The molecule has 1 aliphatic rings. The molecule has 0 spiro atoms. The molecule has 1 heterocycles. The third kappa shape index (κ3) is 3.80. The lowest BCUT2D eigenvalue weighted by atomic mass is 9.94. The zero-order valence-corrected chi connectivity index (χ0v) is 16.4. The molecule has 0 radical (unpaired) electrons. The van der Waals surface area contributed by atoms with Crippen molar-refractivity contribution in [2.24, 2.45) is 0 Å². The summed E-state index contributed by atoms with van der Waals surface area (Å²) in [5.41, 5.74) is 1.83. The molecule has 6 heteroatoms. The first-order valence-corrected chi connectivity index (χ1v) is 9.97. The summed E-state index contributed by atoms with van der Waals surface area (Å²) >= 11 is 0. The van der Waals surface area contributed by atoms with Gasteiger partial charge < -0.3 is 20.5 Å².